The van der Waals surface area contributed by atoms with Gasteiger partial charge in [0.05, 0.1) is 9.77 Å². The molecule has 10 heteroatoms. The Morgan fingerprint density at radius 1 is 0.935 bits per heavy atom. The van der Waals surface area contributed by atoms with E-state index in [0.717, 1.165) is 10.4 Å². The zero-order valence-electron chi connectivity index (χ0n) is 16.1. The first-order valence-corrected chi connectivity index (χ1v) is 11.3. The number of hydrogen-bond donors (Lipinski definition) is 3. The summed E-state index contributed by atoms with van der Waals surface area (Å²) in [5, 5.41) is 0. The summed E-state index contributed by atoms with van der Waals surface area (Å²) in [5.41, 5.74) is 5.54. The molecule has 0 saturated carbocycles. The van der Waals surface area contributed by atoms with E-state index < -0.39 is 21.8 Å². The smallest absolute Gasteiger partial charge is 0.267 e. The van der Waals surface area contributed by atoms with Gasteiger partial charge in [0.1, 0.15) is 5.82 Å². The molecule has 2 aromatic carbocycles. The zero-order chi connectivity index (χ0) is 22.4. The standard InChI is InChI=1S/C21H18FN3O4S2/c1-2-13-23-31(28,29)17-9-5-15(6-10-17)20(26)24-25-21(27)19-12-11-18(30-19)14-3-7-16(22)8-4-14/h2-12,23H,1,13H2,(H,24,26)(H,25,27). The van der Waals surface area contributed by atoms with Crippen molar-refractivity contribution in [3.8, 4) is 10.4 Å². The van der Waals surface area contributed by atoms with Crippen molar-refractivity contribution in [3.05, 3.63) is 89.6 Å². The molecule has 3 N–H and O–H groups in total. The van der Waals surface area contributed by atoms with Crippen LogP contribution in [0.25, 0.3) is 10.4 Å². The predicted octanol–water partition coefficient (Wildman–Crippen LogP) is 3.09. The maximum absolute atomic E-state index is 13.0. The first-order chi connectivity index (χ1) is 14.8. The van der Waals surface area contributed by atoms with E-state index in [1.54, 1.807) is 24.3 Å². The average molecular weight is 460 g/mol. The Balaban J connectivity index is 1.60. The summed E-state index contributed by atoms with van der Waals surface area (Å²) in [6.07, 6.45) is 1.41. The lowest BCUT2D eigenvalue weighted by Crippen LogP contribution is -2.41. The number of halogens is 1. The van der Waals surface area contributed by atoms with Crippen LogP contribution in [0.5, 0.6) is 0 Å². The molecule has 1 aromatic heterocycles. The molecular weight excluding hydrogens is 441 g/mol. The second-order valence-electron chi connectivity index (χ2n) is 6.24. The molecule has 0 atom stereocenters. The van der Waals surface area contributed by atoms with Gasteiger partial charge in [-0.3, -0.25) is 20.4 Å². The fourth-order valence-corrected chi connectivity index (χ4v) is 4.42. The molecular formula is C21H18FN3O4S2. The van der Waals surface area contributed by atoms with Gasteiger partial charge in [-0.25, -0.2) is 17.5 Å². The summed E-state index contributed by atoms with van der Waals surface area (Å²) in [7, 11) is -3.69. The maximum atomic E-state index is 13.0. The monoisotopic (exact) mass is 459 g/mol. The highest BCUT2D eigenvalue weighted by Crippen LogP contribution is 2.28. The number of rotatable bonds is 7. The second-order valence-corrected chi connectivity index (χ2v) is 9.09. The van der Waals surface area contributed by atoms with Gasteiger partial charge in [-0.05, 0) is 54.1 Å². The molecule has 3 rings (SSSR count). The van der Waals surface area contributed by atoms with Crippen molar-refractivity contribution >= 4 is 33.2 Å². The van der Waals surface area contributed by atoms with Gasteiger partial charge in [0.2, 0.25) is 10.0 Å². The Labute approximate surface area is 182 Å². The van der Waals surface area contributed by atoms with Gasteiger partial charge >= 0.3 is 0 Å². The molecule has 0 aliphatic carbocycles. The van der Waals surface area contributed by atoms with Crippen LogP contribution in [-0.4, -0.2) is 26.8 Å². The van der Waals surface area contributed by atoms with Crippen LogP contribution >= 0.6 is 11.3 Å². The molecule has 31 heavy (non-hydrogen) atoms. The molecule has 0 aliphatic heterocycles. The fourth-order valence-electron chi connectivity index (χ4n) is 2.51. The van der Waals surface area contributed by atoms with Crippen molar-refractivity contribution < 1.29 is 22.4 Å². The number of nitrogens with one attached hydrogen (secondary N) is 3. The molecule has 1 heterocycles. The van der Waals surface area contributed by atoms with E-state index in [-0.39, 0.29) is 22.8 Å². The van der Waals surface area contributed by atoms with Crippen LogP contribution in [0, 0.1) is 5.82 Å². The SMILES string of the molecule is C=CCNS(=O)(=O)c1ccc(C(=O)NNC(=O)c2ccc(-c3ccc(F)cc3)s2)cc1. The highest BCUT2D eigenvalue weighted by atomic mass is 32.2. The zero-order valence-corrected chi connectivity index (χ0v) is 17.7. The Morgan fingerprint density at radius 3 is 2.23 bits per heavy atom. The van der Waals surface area contributed by atoms with Gasteiger partial charge in [-0.15, -0.1) is 17.9 Å². The van der Waals surface area contributed by atoms with Gasteiger partial charge < -0.3 is 0 Å². The topological polar surface area (TPSA) is 104 Å². The summed E-state index contributed by atoms with van der Waals surface area (Å²) >= 11 is 1.19. The summed E-state index contributed by atoms with van der Waals surface area (Å²) in [6, 6.07) is 14.5. The highest BCUT2D eigenvalue weighted by Gasteiger charge is 2.15. The third-order valence-electron chi connectivity index (χ3n) is 4.09. The number of sulfonamides is 1. The molecule has 0 unspecified atom stereocenters. The van der Waals surface area contributed by atoms with E-state index in [1.165, 1.54) is 53.8 Å². The van der Waals surface area contributed by atoms with Gasteiger partial charge in [0.25, 0.3) is 11.8 Å². The number of hydrazine groups is 1. The third-order valence-corrected chi connectivity index (χ3v) is 6.67. The molecule has 0 bridgehead atoms. The number of thiophene rings is 1. The molecule has 0 radical (unpaired) electrons. The largest absolute Gasteiger partial charge is 0.279 e. The minimum atomic E-state index is -3.69. The number of carbonyl (C=O) groups excluding carboxylic acids is 2. The molecule has 3 aromatic rings. The first-order valence-electron chi connectivity index (χ1n) is 8.97. The maximum Gasteiger partial charge on any atom is 0.279 e. The van der Waals surface area contributed by atoms with E-state index >= 15 is 0 Å². The normalized spacial score (nSPS) is 11.0. The number of amides is 2. The lowest BCUT2D eigenvalue weighted by atomic mass is 10.2. The Bertz CT molecular complexity index is 1200. The van der Waals surface area contributed by atoms with Crippen LogP contribution < -0.4 is 15.6 Å². The quantitative estimate of drug-likeness (QED) is 0.373. The Kier molecular flexibility index (Phi) is 6.95. The Hall–Kier alpha value is -3.34. The van der Waals surface area contributed by atoms with Gasteiger partial charge in [0, 0.05) is 17.0 Å². The van der Waals surface area contributed by atoms with E-state index in [1.807, 2.05) is 0 Å². The van der Waals surface area contributed by atoms with Crippen molar-refractivity contribution in [2.75, 3.05) is 6.54 Å². The molecule has 0 aliphatic rings. The summed E-state index contributed by atoms with van der Waals surface area (Å²) < 4.78 is 39.4. The van der Waals surface area contributed by atoms with Crippen LogP contribution in [0.2, 0.25) is 0 Å². The van der Waals surface area contributed by atoms with E-state index in [4.69, 9.17) is 0 Å². The summed E-state index contributed by atoms with van der Waals surface area (Å²) in [6.45, 7) is 3.53. The molecule has 0 fully saturated rings. The second kappa shape index (κ2) is 9.65. The fraction of sp³-hybridized carbons (Fsp3) is 0.0476. The van der Waals surface area contributed by atoms with Gasteiger partial charge in [-0.1, -0.05) is 18.2 Å². The first kappa shape index (κ1) is 22.3. The van der Waals surface area contributed by atoms with Crippen LogP contribution in [0.1, 0.15) is 20.0 Å². The number of carbonyl (C=O) groups is 2. The van der Waals surface area contributed by atoms with Crippen LogP contribution in [0.3, 0.4) is 0 Å². The lowest BCUT2D eigenvalue weighted by molar-refractivity contribution is 0.0849. The van der Waals surface area contributed by atoms with Crippen molar-refractivity contribution in [2.45, 2.75) is 4.90 Å². The van der Waals surface area contributed by atoms with Gasteiger partial charge in [-0.2, -0.15) is 0 Å². The number of hydrogen-bond acceptors (Lipinski definition) is 5. The van der Waals surface area contributed by atoms with E-state index in [9.17, 15) is 22.4 Å². The molecule has 0 saturated heterocycles. The molecule has 7 nitrogen and oxygen atoms in total. The Morgan fingerprint density at radius 2 is 1.58 bits per heavy atom. The minimum absolute atomic E-state index is 0.00171. The van der Waals surface area contributed by atoms with E-state index in [0.29, 0.717) is 4.88 Å². The van der Waals surface area contributed by atoms with Crippen molar-refractivity contribution in [2.24, 2.45) is 0 Å². The predicted molar refractivity (Wildman–Crippen MR) is 116 cm³/mol. The van der Waals surface area contributed by atoms with Crippen molar-refractivity contribution in [1.29, 1.82) is 0 Å². The van der Waals surface area contributed by atoms with Gasteiger partial charge in [0.15, 0.2) is 0 Å². The number of benzene rings is 2. The summed E-state index contributed by atoms with van der Waals surface area (Å²) in [4.78, 5) is 25.7. The van der Waals surface area contributed by atoms with E-state index in [2.05, 4.69) is 22.2 Å². The van der Waals surface area contributed by atoms with Crippen LogP contribution in [0.4, 0.5) is 4.39 Å². The molecule has 160 valence electrons. The third kappa shape index (κ3) is 5.63. The molecule has 2 amide bonds. The van der Waals surface area contributed by atoms with Crippen molar-refractivity contribution in [3.63, 3.8) is 0 Å². The summed E-state index contributed by atoms with van der Waals surface area (Å²) in [5.74, 6) is -1.47. The lowest BCUT2D eigenvalue weighted by Gasteiger charge is -2.08. The highest BCUT2D eigenvalue weighted by molar-refractivity contribution is 7.89. The minimum Gasteiger partial charge on any atom is -0.267 e. The average Bonchev–Trinajstić information content (AvgIpc) is 3.27. The molecule has 0 spiro atoms. The van der Waals surface area contributed by atoms with Crippen LogP contribution in [-0.2, 0) is 10.0 Å². The van der Waals surface area contributed by atoms with Crippen LogP contribution in [0.15, 0.2) is 78.2 Å². The van der Waals surface area contributed by atoms with Crippen molar-refractivity contribution in [1.82, 2.24) is 15.6 Å².